The van der Waals surface area contributed by atoms with E-state index < -0.39 is 11.6 Å². The quantitative estimate of drug-likeness (QED) is 0.706. The number of carbonyl (C=O) groups is 1. The molecular formula is C13H24O6. The van der Waals surface area contributed by atoms with Crippen LogP contribution in [0.2, 0.25) is 0 Å². The summed E-state index contributed by atoms with van der Waals surface area (Å²) in [4.78, 5) is 11.4. The molecule has 1 fully saturated rings. The molecule has 0 aromatic heterocycles. The zero-order valence-electron chi connectivity index (χ0n) is 12.5. The third kappa shape index (κ3) is 3.25. The molecule has 1 heterocycles. The summed E-state index contributed by atoms with van der Waals surface area (Å²) >= 11 is 0. The molecule has 0 N–H and O–H groups in total. The van der Waals surface area contributed by atoms with E-state index in [1.807, 2.05) is 0 Å². The summed E-state index contributed by atoms with van der Waals surface area (Å²) in [5.74, 6) is -2.53. The highest BCUT2D eigenvalue weighted by molar-refractivity contribution is 5.71. The van der Waals surface area contributed by atoms with Crippen molar-refractivity contribution in [2.24, 2.45) is 5.92 Å². The highest BCUT2D eigenvalue weighted by Gasteiger charge is 2.53. The molecule has 0 saturated carbocycles. The number of ether oxygens (including phenoxy) is 5. The summed E-state index contributed by atoms with van der Waals surface area (Å²) in [5.41, 5.74) is 0. The third-order valence-electron chi connectivity index (χ3n) is 3.76. The topological polar surface area (TPSA) is 63.2 Å². The van der Waals surface area contributed by atoms with Gasteiger partial charge in [-0.1, -0.05) is 6.92 Å². The Hall–Kier alpha value is -0.690. The van der Waals surface area contributed by atoms with Gasteiger partial charge in [-0.15, -0.1) is 0 Å². The van der Waals surface area contributed by atoms with Gasteiger partial charge in [0.05, 0.1) is 25.7 Å². The largest absolute Gasteiger partial charge is 0.469 e. The summed E-state index contributed by atoms with van der Waals surface area (Å²) in [6.45, 7) is 5.65. The van der Waals surface area contributed by atoms with Crippen molar-refractivity contribution in [3.05, 3.63) is 0 Å². The molecule has 6 heteroatoms. The zero-order valence-corrected chi connectivity index (χ0v) is 12.5. The fraction of sp³-hybridized carbons (Fsp3) is 0.923. The maximum Gasteiger partial charge on any atom is 0.308 e. The predicted molar refractivity (Wildman–Crippen MR) is 67.5 cm³/mol. The van der Waals surface area contributed by atoms with E-state index in [0.29, 0.717) is 13.0 Å². The molecule has 0 bridgehead atoms. The Kier molecular flexibility index (Phi) is 5.32. The van der Waals surface area contributed by atoms with E-state index in [0.717, 1.165) is 0 Å². The van der Waals surface area contributed by atoms with Crippen molar-refractivity contribution < 1.29 is 28.5 Å². The molecule has 1 rings (SSSR count). The Labute approximate surface area is 114 Å². The van der Waals surface area contributed by atoms with Crippen molar-refractivity contribution in [3.63, 3.8) is 0 Å². The van der Waals surface area contributed by atoms with Crippen molar-refractivity contribution in [3.8, 4) is 0 Å². The van der Waals surface area contributed by atoms with Gasteiger partial charge < -0.3 is 23.7 Å². The second-order valence-electron chi connectivity index (χ2n) is 5.01. The van der Waals surface area contributed by atoms with Gasteiger partial charge in [0.2, 0.25) is 11.6 Å². The predicted octanol–water partition coefficient (Wildman–Crippen LogP) is 1.33. The first-order valence-electron chi connectivity index (χ1n) is 6.31. The number of hydrogen-bond donors (Lipinski definition) is 0. The molecule has 1 aliphatic rings. The first-order valence-corrected chi connectivity index (χ1v) is 6.31. The van der Waals surface area contributed by atoms with E-state index >= 15 is 0 Å². The minimum absolute atomic E-state index is 0.248. The van der Waals surface area contributed by atoms with Crippen LogP contribution in [0.1, 0.15) is 27.2 Å². The molecule has 0 radical (unpaired) electrons. The summed E-state index contributed by atoms with van der Waals surface area (Å²) in [6, 6.07) is 0. The molecular weight excluding hydrogens is 252 g/mol. The van der Waals surface area contributed by atoms with E-state index in [1.165, 1.54) is 21.3 Å². The third-order valence-corrected chi connectivity index (χ3v) is 3.76. The van der Waals surface area contributed by atoms with Gasteiger partial charge >= 0.3 is 5.97 Å². The van der Waals surface area contributed by atoms with Gasteiger partial charge in [0.25, 0.3) is 0 Å². The second kappa shape index (κ2) is 6.17. The molecule has 112 valence electrons. The maximum atomic E-state index is 11.4. The summed E-state index contributed by atoms with van der Waals surface area (Å²) in [6.07, 6.45) is 0.257. The summed E-state index contributed by atoms with van der Waals surface area (Å²) in [7, 11) is 4.45. The lowest BCUT2D eigenvalue weighted by Gasteiger charge is -2.49. The smallest absolute Gasteiger partial charge is 0.308 e. The van der Waals surface area contributed by atoms with E-state index in [4.69, 9.17) is 23.7 Å². The minimum atomic E-state index is -1.03. The zero-order chi connectivity index (χ0) is 14.7. The van der Waals surface area contributed by atoms with Crippen molar-refractivity contribution in [2.75, 3.05) is 27.9 Å². The summed E-state index contributed by atoms with van der Waals surface area (Å²) < 4.78 is 27.1. The van der Waals surface area contributed by atoms with Gasteiger partial charge in [0.1, 0.15) is 0 Å². The van der Waals surface area contributed by atoms with Gasteiger partial charge in [0, 0.05) is 14.2 Å². The number of esters is 1. The van der Waals surface area contributed by atoms with Gasteiger partial charge in [0.15, 0.2) is 0 Å². The molecule has 0 unspecified atom stereocenters. The van der Waals surface area contributed by atoms with E-state index in [1.54, 1.807) is 20.8 Å². The van der Waals surface area contributed by atoms with Crippen LogP contribution < -0.4 is 0 Å². The fourth-order valence-corrected chi connectivity index (χ4v) is 2.13. The highest BCUT2D eigenvalue weighted by atomic mass is 16.8. The van der Waals surface area contributed by atoms with Crippen LogP contribution in [0.15, 0.2) is 0 Å². The Balaban J connectivity index is 2.70. The summed E-state index contributed by atoms with van der Waals surface area (Å²) in [5, 5.41) is 0. The Morgan fingerprint density at radius 2 is 1.84 bits per heavy atom. The van der Waals surface area contributed by atoms with Gasteiger partial charge in [-0.3, -0.25) is 4.79 Å². The number of methoxy groups -OCH3 is 3. The first-order chi connectivity index (χ1) is 8.81. The van der Waals surface area contributed by atoms with Crippen LogP contribution in [0.25, 0.3) is 0 Å². The molecule has 4 atom stereocenters. The van der Waals surface area contributed by atoms with Crippen molar-refractivity contribution in [2.45, 2.75) is 44.9 Å². The molecule has 0 aromatic carbocycles. The first kappa shape index (κ1) is 16.4. The highest BCUT2D eigenvalue weighted by Crippen LogP contribution is 2.37. The maximum absolute atomic E-state index is 11.4. The number of hydrogen-bond acceptors (Lipinski definition) is 6. The molecule has 0 spiro atoms. The van der Waals surface area contributed by atoms with Gasteiger partial charge in [-0.25, -0.2) is 0 Å². The Morgan fingerprint density at radius 1 is 1.26 bits per heavy atom. The second-order valence-corrected chi connectivity index (χ2v) is 5.01. The van der Waals surface area contributed by atoms with Crippen LogP contribution in [-0.4, -0.2) is 51.6 Å². The number of rotatable bonds is 5. The lowest BCUT2D eigenvalue weighted by Crippen LogP contribution is -2.62. The van der Waals surface area contributed by atoms with Crippen LogP contribution in [-0.2, 0) is 28.5 Å². The fourth-order valence-electron chi connectivity index (χ4n) is 2.13. The standard InChI is InChI=1S/C13H24O6/c1-9(11(14)15-4)7-10-8-18-12(2,16-5)13(3,17-6)19-10/h9-10H,7-8H2,1-6H3/t9-,10-,12+,13+/m0/s1. The Morgan fingerprint density at radius 3 is 2.32 bits per heavy atom. The lowest BCUT2D eigenvalue weighted by molar-refractivity contribution is -0.432. The van der Waals surface area contributed by atoms with Crippen molar-refractivity contribution >= 4 is 5.97 Å². The van der Waals surface area contributed by atoms with Crippen LogP contribution in [0.4, 0.5) is 0 Å². The van der Waals surface area contributed by atoms with Gasteiger partial charge in [-0.2, -0.15) is 0 Å². The molecule has 6 nitrogen and oxygen atoms in total. The molecule has 0 aromatic rings. The number of carbonyl (C=O) groups excluding carboxylic acids is 1. The van der Waals surface area contributed by atoms with Crippen molar-refractivity contribution in [1.82, 2.24) is 0 Å². The van der Waals surface area contributed by atoms with Crippen LogP contribution >= 0.6 is 0 Å². The van der Waals surface area contributed by atoms with Crippen molar-refractivity contribution in [1.29, 1.82) is 0 Å². The van der Waals surface area contributed by atoms with E-state index in [9.17, 15) is 4.79 Å². The van der Waals surface area contributed by atoms with Crippen LogP contribution in [0, 0.1) is 5.92 Å². The van der Waals surface area contributed by atoms with Crippen LogP contribution in [0.5, 0.6) is 0 Å². The van der Waals surface area contributed by atoms with E-state index in [-0.39, 0.29) is 18.0 Å². The van der Waals surface area contributed by atoms with E-state index in [2.05, 4.69) is 0 Å². The molecule has 0 aliphatic carbocycles. The van der Waals surface area contributed by atoms with Gasteiger partial charge in [-0.05, 0) is 20.3 Å². The SMILES string of the molecule is COC(=O)[C@@H](C)C[C@H]1CO[C@@](C)(OC)[C@](C)(OC)O1. The molecule has 1 saturated heterocycles. The minimum Gasteiger partial charge on any atom is -0.469 e. The van der Waals surface area contributed by atoms with Crippen LogP contribution in [0.3, 0.4) is 0 Å². The average Bonchev–Trinajstić information content (AvgIpc) is 2.41. The normalized spacial score (nSPS) is 36.8. The average molecular weight is 276 g/mol. The molecule has 1 aliphatic heterocycles. The molecule has 0 amide bonds. The molecule has 19 heavy (non-hydrogen) atoms. The lowest BCUT2D eigenvalue weighted by atomic mass is 10.0. The Bertz CT molecular complexity index is 320. The monoisotopic (exact) mass is 276 g/mol.